The Bertz CT molecular complexity index is 607. The van der Waals surface area contributed by atoms with Crippen molar-refractivity contribution in [3.8, 4) is 0 Å². The van der Waals surface area contributed by atoms with Crippen molar-refractivity contribution in [3.05, 3.63) is 52.0 Å². The van der Waals surface area contributed by atoms with Crippen molar-refractivity contribution in [1.82, 2.24) is 9.88 Å². The molecule has 1 amide bonds. The molecule has 0 bridgehead atoms. The molecule has 5 heteroatoms. The number of aromatic nitrogens is 1. The first kappa shape index (κ1) is 15.7. The molecule has 0 spiro atoms. The maximum atomic E-state index is 12.6. The molecular weight excluding hydrogens is 282 g/mol. The summed E-state index contributed by atoms with van der Waals surface area (Å²) in [5, 5.41) is 0.937. The Morgan fingerprint density at radius 3 is 2.62 bits per heavy atom. The Morgan fingerprint density at radius 2 is 2.05 bits per heavy atom. The van der Waals surface area contributed by atoms with E-state index in [4.69, 9.17) is 5.73 Å². The molecule has 1 aromatic carbocycles. The van der Waals surface area contributed by atoms with Gasteiger partial charge in [-0.25, -0.2) is 4.98 Å². The van der Waals surface area contributed by atoms with Crippen LogP contribution in [0.25, 0.3) is 0 Å². The highest BCUT2D eigenvalue weighted by Gasteiger charge is 2.33. The van der Waals surface area contributed by atoms with Crippen molar-refractivity contribution in [1.29, 1.82) is 0 Å². The van der Waals surface area contributed by atoms with Crippen molar-refractivity contribution >= 4 is 17.2 Å². The predicted octanol–water partition coefficient (Wildman–Crippen LogP) is 2.54. The number of amides is 1. The quantitative estimate of drug-likeness (QED) is 0.923. The third-order valence-electron chi connectivity index (χ3n) is 3.49. The fraction of sp³-hybridized carbons (Fsp3) is 0.375. The molecule has 0 aliphatic rings. The fourth-order valence-corrected chi connectivity index (χ4v) is 3.08. The smallest absolute Gasteiger partial charge is 0.247 e. The number of hydrogen-bond acceptors (Lipinski definition) is 4. The van der Waals surface area contributed by atoms with Crippen LogP contribution in [0.2, 0.25) is 0 Å². The molecule has 0 radical (unpaired) electrons. The van der Waals surface area contributed by atoms with Gasteiger partial charge in [-0.05, 0) is 18.9 Å². The van der Waals surface area contributed by atoms with Crippen molar-refractivity contribution in [2.75, 3.05) is 7.05 Å². The number of nitrogens with zero attached hydrogens (tertiary/aromatic N) is 2. The molecule has 2 N–H and O–H groups in total. The third-order valence-corrected chi connectivity index (χ3v) is 4.61. The summed E-state index contributed by atoms with van der Waals surface area (Å²) in [6, 6.07) is 9.45. The lowest BCUT2D eigenvalue weighted by Crippen LogP contribution is -2.49. The van der Waals surface area contributed by atoms with Crippen molar-refractivity contribution in [2.24, 2.45) is 5.73 Å². The van der Waals surface area contributed by atoms with Crippen LogP contribution in [-0.2, 0) is 23.3 Å². The number of benzene rings is 1. The Labute approximate surface area is 129 Å². The Balaban J connectivity index is 2.11. The van der Waals surface area contributed by atoms with E-state index >= 15 is 0 Å². The molecular formula is C16H21N3OS. The first-order chi connectivity index (χ1) is 9.95. The van der Waals surface area contributed by atoms with Crippen LogP contribution in [0, 0.1) is 0 Å². The van der Waals surface area contributed by atoms with E-state index in [1.807, 2.05) is 36.5 Å². The van der Waals surface area contributed by atoms with E-state index in [9.17, 15) is 4.79 Å². The van der Waals surface area contributed by atoms with Crippen molar-refractivity contribution in [3.63, 3.8) is 0 Å². The summed E-state index contributed by atoms with van der Waals surface area (Å²) in [6.45, 7) is 4.34. The molecule has 0 saturated carbocycles. The van der Waals surface area contributed by atoms with Crippen LogP contribution < -0.4 is 5.73 Å². The number of thiazole rings is 1. The van der Waals surface area contributed by atoms with Crippen molar-refractivity contribution in [2.45, 2.75) is 32.4 Å². The number of carbonyl (C=O) groups is 1. The Kier molecular flexibility index (Phi) is 4.75. The minimum atomic E-state index is -1.03. The maximum absolute atomic E-state index is 12.6. The van der Waals surface area contributed by atoms with Gasteiger partial charge in [0.25, 0.3) is 0 Å². The summed E-state index contributed by atoms with van der Waals surface area (Å²) in [4.78, 5) is 19.8. The zero-order valence-electron chi connectivity index (χ0n) is 12.7. The molecule has 1 aromatic heterocycles. The normalized spacial score (nSPS) is 13.7. The van der Waals surface area contributed by atoms with Crippen LogP contribution in [-0.4, -0.2) is 22.8 Å². The molecule has 0 saturated heterocycles. The first-order valence-corrected chi connectivity index (χ1v) is 7.80. The van der Waals surface area contributed by atoms with Crippen LogP contribution in [0.1, 0.15) is 29.3 Å². The molecule has 1 atom stereocenters. The van der Waals surface area contributed by atoms with Gasteiger partial charge in [0, 0.05) is 18.1 Å². The highest BCUT2D eigenvalue weighted by molar-refractivity contribution is 7.11. The SMILES string of the molecule is CCc1cnc(CN(C)C(=O)C(C)(N)c2ccccc2)s1. The highest BCUT2D eigenvalue weighted by atomic mass is 32.1. The molecule has 1 unspecified atom stereocenters. The minimum absolute atomic E-state index is 0.109. The second kappa shape index (κ2) is 6.37. The molecule has 21 heavy (non-hydrogen) atoms. The lowest BCUT2D eigenvalue weighted by atomic mass is 9.92. The number of nitrogens with two attached hydrogens (primary N) is 1. The van der Waals surface area contributed by atoms with Crippen LogP contribution in [0.5, 0.6) is 0 Å². The fourth-order valence-electron chi connectivity index (χ4n) is 2.16. The van der Waals surface area contributed by atoms with E-state index in [0.717, 1.165) is 17.0 Å². The monoisotopic (exact) mass is 303 g/mol. The predicted molar refractivity (Wildman–Crippen MR) is 85.9 cm³/mol. The highest BCUT2D eigenvalue weighted by Crippen LogP contribution is 2.22. The molecule has 1 heterocycles. The molecule has 4 nitrogen and oxygen atoms in total. The van der Waals surface area contributed by atoms with E-state index < -0.39 is 5.54 Å². The summed E-state index contributed by atoms with van der Waals surface area (Å²) in [5.41, 5.74) is 6.05. The Morgan fingerprint density at radius 1 is 1.38 bits per heavy atom. The number of rotatable bonds is 5. The van der Waals surface area contributed by atoms with Crippen LogP contribution in [0.4, 0.5) is 0 Å². The van der Waals surface area contributed by atoms with E-state index in [-0.39, 0.29) is 5.91 Å². The largest absolute Gasteiger partial charge is 0.337 e. The lowest BCUT2D eigenvalue weighted by Gasteiger charge is -2.29. The standard InChI is InChI=1S/C16H21N3OS/c1-4-13-10-18-14(21-13)11-19(3)15(20)16(2,17)12-8-6-5-7-9-12/h5-10H,4,11,17H2,1-3H3. The van der Waals surface area contributed by atoms with Gasteiger partial charge in [0.05, 0.1) is 6.54 Å². The van der Waals surface area contributed by atoms with E-state index in [0.29, 0.717) is 6.54 Å². The lowest BCUT2D eigenvalue weighted by molar-refractivity contribution is -0.136. The first-order valence-electron chi connectivity index (χ1n) is 6.98. The minimum Gasteiger partial charge on any atom is -0.337 e. The summed E-state index contributed by atoms with van der Waals surface area (Å²) in [6.07, 6.45) is 2.84. The van der Waals surface area contributed by atoms with Gasteiger partial charge in [-0.15, -0.1) is 11.3 Å². The summed E-state index contributed by atoms with van der Waals surface area (Å²) >= 11 is 1.64. The van der Waals surface area contributed by atoms with E-state index in [1.165, 1.54) is 4.88 Å². The zero-order chi connectivity index (χ0) is 15.5. The van der Waals surface area contributed by atoms with Gasteiger partial charge in [-0.1, -0.05) is 37.3 Å². The molecule has 2 rings (SSSR count). The van der Waals surface area contributed by atoms with Crippen molar-refractivity contribution < 1.29 is 4.79 Å². The molecule has 112 valence electrons. The van der Waals surface area contributed by atoms with Gasteiger partial charge in [0.1, 0.15) is 10.5 Å². The van der Waals surface area contributed by atoms with Gasteiger partial charge in [-0.3, -0.25) is 4.79 Å². The Hall–Kier alpha value is -1.72. The summed E-state index contributed by atoms with van der Waals surface area (Å²) in [5.74, 6) is -0.109. The number of likely N-dealkylation sites (N-methyl/N-ethyl adjacent to an activating group) is 1. The van der Waals surface area contributed by atoms with E-state index in [1.54, 1.807) is 30.2 Å². The molecule has 0 aliphatic carbocycles. The maximum Gasteiger partial charge on any atom is 0.247 e. The average Bonchev–Trinajstić information content (AvgIpc) is 2.94. The molecule has 2 aromatic rings. The number of carbonyl (C=O) groups excluding carboxylic acids is 1. The summed E-state index contributed by atoms with van der Waals surface area (Å²) < 4.78 is 0. The zero-order valence-corrected chi connectivity index (χ0v) is 13.5. The second-order valence-electron chi connectivity index (χ2n) is 5.30. The third kappa shape index (κ3) is 3.49. The van der Waals surface area contributed by atoms with Crippen LogP contribution >= 0.6 is 11.3 Å². The van der Waals surface area contributed by atoms with E-state index in [2.05, 4.69) is 11.9 Å². The summed E-state index contributed by atoms with van der Waals surface area (Å²) in [7, 11) is 1.77. The van der Waals surface area contributed by atoms with Crippen LogP contribution in [0.3, 0.4) is 0 Å². The second-order valence-corrected chi connectivity index (χ2v) is 6.50. The van der Waals surface area contributed by atoms with Gasteiger partial charge < -0.3 is 10.6 Å². The topological polar surface area (TPSA) is 59.2 Å². The molecule has 0 aliphatic heterocycles. The van der Waals surface area contributed by atoms with Gasteiger partial charge in [0.15, 0.2) is 0 Å². The van der Waals surface area contributed by atoms with Gasteiger partial charge in [-0.2, -0.15) is 0 Å². The van der Waals surface area contributed by atoms with Gasteiger partial charge in [0.2, 0.25) is 5.91 Å². The molecule has 0 fully saturated rings. The average molecular weight is 303 g/mol. The number of aryl methyl sites for hydroxylation is 1. The van der Waals surface area contributed by atoms with Crippen LogP contribution in [0.15, 0.2) is 36.5 Å². The number of hydrogen-bond donors (Lipinski definition) is 1. The van der Waals surface area contributed by atoms with Gasteiger partial charge >= 0.3 is 0 Å².